The molecule has 0 N–H and O–H groups in total. The molecule has 0 spiro atoms. The largest absolute Gasteiger partial charge is 2.00 e. The predicted molar refractivity (Wildman–Crippen MR) is 145 cm³/mol. The summed E-state index contributed by atoms with van der Waals surface area (Å²) < 4.78 is 0. The Hall–Kier alpha value is -4.61. The van der Waals surface area contributed by atoms with Crippen molar-refractivity contribution in [1.82, 2.24) is 29.9 Å². The molecule has 6 nitrogen and oxygen atoms in total. The second-order valence-corrected chi connectivity index (χ2v) is 6.15. The van der Waals surface area contributed by atoms with E-state index in [1.807, 2.05) is 109 Å². The number of aromatic nitrogens is 6. The third kappa shape index (κ3) is 27.5. The van der Waals surface area contributed by atoms with Crippen molar-refractivity contribution in [1.29, 1.82) is 0 Å². The molecule has 7 heteroatoms. The Labute approximate surface area is 229 Å². The number of rotatable bonds is 0. The molecule has 0 aliphatic rings. The van der Waals surface area contributed by atoms with Gasteiger partial charge in [0.05, 0.1) is 0 Å². The van der Waals surface area contributed by atoms with Gasteiger partial charge in [0, 0.05) is 74.4 Å². The first kappa shape index (κ1) is 32.4. The standard InChI is InChI=1S/6C5H5N.Ni/c6*1-2-4-6-5-3-1;/h6*1-5H;/q;;;;;;+2. The Kier molecular flexibility index (Phi) is 25.8. The van der Waals surface area contributed by atoms with Crippen molar-refractivity contribution in [3.8, 4) is 0 Å². The average molecular weight is 533 g/mol. The molecule has 0 amide bonds. The maximum Gasteiger partial charge on any atom is 2.00 e. The predicted octanol–water partition coefficient (Wildman–Crippen LogP) is 6.49. The summed E-state index contributed by atoms with van der Waals surface area (Å²) in [6, 6.07) is 34.3. The molecular formula is C30H30N6Ni+2. The van der Waals surface area contributed by atoms with Crippen molar-refractivity contribution in [3.05, 3.63) is 184 Å². The molecule has 0 radical (unpaired) electrons. The fourth-order valence-corrected chi connectivity index (χ4v) is 1.88. The molecule has 6 aromatic rings. The van der Waals surface area contributed by atoms with E-state index >= 15 is 0 Å². The van der Waals surface area contributed by atoms with Crippen LogP contribution in [0.1, 0.15) is 0 Å². The van der Waals surface area contributed by atoms with Gasteiger partial charge in [-0.25, -0.2) is 0 Å². The van der Waals surface area contributed by atoms with Gasteiger partial charge in [-0.15, -0.1) is 0 Å². The Balaban J connectivity index is 0.000000418. The van der Waals surface area contributed by atoms with Gasteiger partial charge in [0.1, 0.15) is 0 Å². The van der Waals surface area contributed by atoms with Crippen LogP contribution in [0.5, 0.6) is 0 Å². The van der Waals surface area contributed by atoms with Gasteiger partial charge < -0.3 is 0 Å². The van der Waals surface area contributed by atoms with Crippen molar-refractivity contribution in [2.75, 3.05) is 0 Å². The second-order valence-electron chi connectivity index (χ2n) is 6.15. The summed E-state index contributed by atoms with van der Waals surface area (Å²) in [5.41, 5.74) is 0. The van der Waals surface area contributed by atoms with Crippen LogP contribution in [0.2, 0.25) is 0 Å². The van der Waals surface area contributed by atoms with E-state index in [0.717, 1.165) is 0 Å². The summed E-state index contributed by atoms with van der Waals surface area (Å²) in [6.45, 7) is 0. The first-order chi connectivity index (χ1) is 18.0. The number of hydrogen-bond acceptors (Lipinski definition) is 6. The minimum atomic E-state index is 0. The van der Waals surface area contributed by atoms with Crippen LogP contribution in [-0.4, -0.2) is 29.9 Å². The van der Waals surface area contributed by atoms with Crippen molar-refractivity contribution in [2.45, 2.75) is 0 Å². The van der Waals surface area contributed by atoms with Gasteiger partial charge in [0.2, 0.25) is 0 Å². The van der Waals surface area contributed by atoms with E-state index in [1.165, 1.54) is 0 Å². The summed E-state index contributed by atoms with van der Waals surface area (Å²) in [5.74, 6) is 0. The average Bonchev–Trinajstić information content (AvgIpc) is 3.04. The van der Waals surface area contributed by atoms with Crippen LogP contribution in [0.4, 0.5) is 0 Å². The minimum Gasteiger partial charge on any atom is -0.265 e. The van der Waals surface area contributed by atoms with Crippen molar-refractivity contribution < 1.29 is 16.5 Å². The van der Waals surface area contributed by atoms with Crippen LogP contribution in [-0.2, 0) is 16.5 Å². The zero-order valence-corrected chi connectivity index (χ0v) is 21.3. The first-order valence-electron chi connectivity index (χ1n) is 11.1. The zero-order chi connectivity index (χ0) is 25.5. The minimum absolute atomic E-state index is 0. The molecule has 6 aromatic heterocycles. The van der Waals surface area contributed by atoms with Gasteiger partial charge >= 0.3 is 16.5 Å². The molecular weight excluding hydrogens is 503 g/mol. The van der Waals surface area contributed by atoms with Crippen molar-refractivity contribution in [2.24, 2.45) is 0 Å². The first-order valence-corrected chi connectivity index (χ1v) is 11.1. The number of hydrogen-bond donors (Lipinski definition) is 0. The summed E-state index contributed by atoms with van der Waals surface area (Å²) >= 11 is 0. The SMILES string of the molecule is [Ni+2].c1ccncc1.c1ccncc1.c1ccncc1.c1ccncc1.c1ccncc1.c1ccncc1. The van der Waals surface area contributed by atoms with E-state index in [-0.39, 0.29) is 16.5 Å². The van der Waals surface area contributed by atoms with E-state index in [2.05, 4.69) is 29.9 Å². The Morgan fingerprint density at radius 1 is 0.162 bits per heavy atom. The molecule has 0 saturated carbocycles. The second kappa shape index (κ2) is 29.4. The van der Waals surface area contributed by atoms with E-state index in [0.29, 0.717) is 0 Å². The van der Waals surface area contributed by atoms with Gasteiger partial charge in [-0.05, 0) is 72.8 Å². The molecule has 0 fully saturated rings. The molecule has 0 aliphatic heterocycles. The maximum atomic E-state index is 3.78. The van der Waals surface area contributed by atoms with Crippen molar-refractivity contribution >= 4 is 0 Å². The zero-order valence-electron chi connectivity index (χ0n) is 20.3. The van der Waals surface area contributed by atoms with Crippen LogP contribution >= 0.6 is 0 Å². The molecule has 6 heterocycles. The van der Waals surface area contributed by atoms with Gasteiger partial charge in [-0.3, -0.25) is 29.9 Å². The number of pyridine rings is 6. The monoisotopic (exact) mass is 532 g/mol. The van der Waals surface area contributed by atoms with Gasteiger partial charge in [-0.2, -0.15) is 0 Å². The molecule has 0 aliphatic carbocycles. The molecule has 37 heavy (non-hydrogen) atoms. The van der Waals surface area contributed by atoms with E-state index in [4.69, 9.17) is 0 Å². The molecule has 0 bridgehead atoms. The Bertz CT molecular complexity index is 706. The van der Waals surface area contributed by atoms with Gasteiger partial charge in [-0.1, -0.05) is 36.4 Å². The molecule has 188 valence electrons. The molecule has 0 atom stereocenters. The third-order valence-corrected chi connectivity index (χ3v) is 3.40. The van der Waals surface area contributed by atoms with Crippen LogP contribution in [0.3, 0.4) is 0 Å². The van der Waals surface area contributed by atoms with Crippen LogP contribution < -0.4 is 0 Å². The van der Waals surface area contributed by atoms with Crippen molar-refractivity contribution in [3.63, 3.8) is 0 Å². The smallest absolute Gasteiger partial charge is 0.265 e. The van der Waals surface area contributed by atoms with Gasteiger partial charge in [0.25, 0.3) is 0 Å². The number of nitrogens with zero attached hydrogens (tertiary/aromatic N) is 6. The normalized spacial score (nSPS) is 7.78. The van der Waals surface area contributed by atoms with Gasteiger partial charge in [0.15, 0.2) is 0 Å². The summed E-state index contributed by atoms with van der Waals surface area (Å²) in [6.07, 6.45) is 21.0. The topological polar surface area (TPSA) is 77.3 Å². The summed E-state index contributed by atoms with van der Waals surface area (Å²) in [7, 11) is 0. The molecule has 6 rings (SSSR count). The van der Waals surface area contributed by atoms with E-state index < -0.39 is 0 Å². The fourth-order valence-electron chi connectivity index (χ4n) is 1.88. The quantitative estimate of drug-likeness (QED) is 0.208. The Morgan fingerprint density at radius 3 is 0.297 bits per heavy atom. The van der Waals surface area contributed by atoms with E-state index in [9.17, 15) is 0 Å². The third-order valence-electron chi connectivity index (χ3n) is 3.40. The molecule has 0 aromatic carbocycles. The molecule has 0 saturated heterocycles. The van der Waals surface area contributed by atoms with Crippen LogP contribution in [0, 0.1) is 0 Å². The molecule has 0 unspecified atom stereocenters. The maximum absolute atomic E-state index is 3.78. The summed E-state index contributed by atoms with van der Waals surface area (Å²) in [5, 5.41) is 0. The van der Waals surface area contributed by atoms with Crippen LogP contribution in [0.25, 0.3) is 0 Å². The van der Waals surface area contributed by atoms with E-state index in [1.54, 1.807) is 74.4 Å². The fraction of sp³-hybridized carbons (Fsp3) is 0. The van der Waals surface area contributed by atoms with Crippen LogP contribution in [0.15, 0.2) is 184 Å². The summed E-state index contributed by atoms with van der Waals surface area (Å²) in [4.78, 5) is 22.7. The Morgan fingerprint density at radius 2 is 0.270 bits per heavy atom.